The highest BCUT2D eigenvalue weighted by Gasteiger charge is 2.22. The summed E-state index contributed by atoms with van der Waals surface area (Å²) >= 11 is 6.13. The van der Waals surface area contributed by atoms with Crippen molar-refractivity contribution in [2.75, 3.05) is 23.3 Å². The third-order valence-corrected chi connectivity index (χ3v) is 4.21. The summed E-state index contributed by atoms with van der Waals surface area (Å²) in [7, 11) is 0. The Morgan fingerprint density at radius 2 is 2.00 bits per heavy atom. The van der Waals surface area contributed by atoms with Crippen LogP contribution in [0.3, 0.4) is 0 Å². The largest absolute Gasteiger partial charge is 0.489 e. The highest BCUT2D eigenvalue weighted by Crippen LogP contribution is 2.27. The van der Waals surface area contributed by atoms with Gasteiger partial charge < -0.3 is 14.7 Å². The Balaban J connectivity index is 1.55. The second-order valence-electron chi connectivity index (χ2n) is 5.57. The zero-order valence-electron chi connectivity index (χ0n) is 13.0. The number of rotatable bonds is 4. The lowest BCUT2D eigenvalue weighted by atomic mass is 10.1. The van der Waals surface area contributed by atoms with E-state index in [2.05, 4.69) is 15.2 Å². The Bertz CT molecular complexity index is 700. The molecule has 1 aromatic heterocycles. The molecule has 1 aromatic carbocycles. The molecule has 7 heteroatoms. The van der Waals surface area contributed by atoms with Gasteiger partial charge in [-0.25, -0.2) is 9.78 Å². The lowest BCUT2D eigenvalue weighted by molar-refractivity contribution is 0.171. The summed E-state index contributed by atoms with van der Waals surface area (Å²) in [6.45, 7) is 1.65. The molecule has 6 nitrogen and oxygen atoms in total. The van der Waals surface area contributed by atoms with E-state index in [1.807, 2.05) is 30.3 Å². The van der Waals surface area contributed by atoms with Crippen molar-refractivity contribution in [3.63, 3.8) is 0 Å². The van der Waals surface area contributed by atoms with Gasteiger partial charge in [0.15, 0.2) is 0 Å². The fraction of sp³-hybridized carbons (Fsp3) is 0.294. The van der Waals surface area contributed by atoms with Crippen molar-refractivity contribution in [3.8, 4) is 5.75 Å². The number of para-hydroxylation sites is 1. The second-order valence-corrected chi connectivity index (χ2v) is 5.98. The number of benzene rings is 1. The van der Waals surface area contributed by atoms with Crippen LogP contribution in [0.5, 0.6) is 5.75 Å². The first-order valence-corrected chi connectivity index (χ1v) is 8.12. The molecule has 0 saturated carbocycles. The van der Waals surface area contributed by atoms with Crippen molar-refractivity contribution >= 4 is 29.2 Å². The van der Waals surface area contributed by atoms with Gasteiger partial charge in [0.2, 0.25) is 0 Å². The average molecular weight is 348 g/mol. The summed E-state index contributed by atoms with van der Waals surface area (Å²) < 4.78 is 5.98. The topological polar surface area (TPSA) is 74.7 Å². The molecule has 2 aromatic rings. The molecule has 0 radical (unpaired) electrons. The lowest BCUT2D eigenvalue weighted by Gasteiger charge is -2.33. The van der Waals surface area contributed by atoms with E-state index in [4.69, 9.17) is 21.4 Å². The number of pyridine rings is 1. The molecule has 3 rings (SSSR count). The van der Waals surface area contributed by atoms with Gasteiger partial charge >= 0.3 is 6.09 Å². The van der Waals surface area contributed by atoms with Crippen molar-refractivity contribution in [1.29, 1.82) is 0 Å². The quantitative estimate of drug-likeness (QED) is 0.878. The van der Waals surface area contributed by atoms with E-state index in [-0.39, 0.29) is 6.10 Å². The van der Waals surface area contributed by atoms with Crippen LogP contribution in [0.1, 0.15) is 12.8 Å². The molecule has 0 aliphatic carbocycles. The number of nitrogens with one attached hydrogen (secondary N) is 1. The summed E-state index contributed by atoms with van der Waals surface area (Å²) in [4.78, 5) is 17.1. The minimum Gasteiger partial charge on any atom is -0.489 e. The standard InChI is InChI=1S/C17H18ClN3O3/c18-14-3-1-2-4-15(14)24-13-7-9-21(10-8-13)16-6-5-12(11-19-16)20-17(22)23/h1-6,11,13,20H,7-10H2,(H,22,23). The van der Waals surface area contributed by atoms with Gasteiger partial charge in [-0.1, -0.05) is 23.7 Å². The molecule has 2 N–H and O–H groups in total. The molecular formula is C17H18ClN3O3. The number of aromatic nitrogens is 1. The fourth-order valence-corrected chi connectivity index (χ4v) is 2.87. The van der Waals surface area contributed by atoms with Gasteiger partial charge in [-0.15, -0.1) is 0 Å². The Morgan fingerprint density at radius 3 is 2.62 bits per heavy atom. The van der Waals surface area contributed by atoms with Crippen molar-refractivity contribution in [2.45, 2.75) is 18.9 Å². The second kappa shape index (κ2) is 7.40. The van der Waals surface area contributed by atoms with Gasteiger partial charge in [0.1, 0.15) is 17.7 Å². The fourth-order valence-electron chi connectivity index (χ4n) is 2.69. The zero-order chi connectivity index (χ0) is 16.9. The van der Waals surface area contributed by atoms with E-state index >= 15 is 0 Å². The number of ether oxygens (including phenoxy) is 1. The number of halogens is 1. The molecule has 1 fully saturated rings. The van der Waals surface area contributed by atoms with Gasteiger partial charge in [0, 0.05) is 25.9 Å². The van der Waals surface area contributed by atoms with Gasteiger partial charge in [-0.05, 0) is 24.3 Å². The average Bonchev–Trinajstić information content (AvgIpc) is 2.58. The lowest BCUT2D eigenvalue weighted by Crippen LogP contribution is -2.38. The first-order chi connectivity index (χ1) is 11.6. The van der Waals surface area contributed by atoms with Crippen LogP contribution in [0.4, 0.5) is 16.3 Å². The van der Waals surface area contributed by atoms with E-state index in [0.717, 1.165) is 37.5 Å². The van der Waals surface area contributed by atoms with Gasteiger partial charge in [-0.2, -0.15) is 0 Å². The number of piperidine rings is 1. The number of carboxylic acid groups (broad SMARTS) is 1. The summed E-state index contributed by atoms with van der Waals surface area (Å²) in [5.74, 6) is 1.56. The van der Waals surface area contributed by atoms with Gasteiger partial charge in [0.25, 0.3) is 0 Å². The number of nitrogens with zero attached hydrogens (tertiary/aromatic N) is 2. The van der Waals surface area contributed by atoms with Crippen LogP contribution in [0.2, 0.25) is 5.02 Å². The number of anilines is 2. The molecule has 1 amide bonds. The molecule has 0 spiro atoms. The predicted octanol–water partition coefficient (Wildman–Crippen LogP) is 3.87. The van der Waals surface area contributed by atoms with Crippen LogP contribution in [0.15, 0.2) is 42.6 Å². The van der Waals surface area contributed by atoms with Crippen LogP contribution in [-0.2, 0) is 0 Å². The van der Waals surface area contributed by atoms with Gasteiger partial charge in [-0.3, -0.25) is 5.32 Å². The molecule has 0 atom stereocenters. The van der Waals surface area contributed by atoms with E-state index in [1.165, 1.54) is 6.20 Å². The van der Waals surface area contributed by atoms with E-state index in [9.17, 15) is 4.79 Å². The van der Waals surface area contributed by atoms with Crippen LogP contribution in [-0.4, -0.2) is 35.4 Å². The van der Waals surface area contributed by atoms with Crippen LogP contribution in [0.25, 0.3) is 0 Å². The van der Waals surface area contributed by atoms with E-state index in [1.54, 1.807) is 6.07 Å². The monoisotopic (exact) mass is 347 g/mol. The van der Waals surface area contributed by atoms with Crippen molar-refractivity contribution in [2.24, 2.45) is 0 Å². The molecule has 2 heterocycles. The molecule has 1 saturated heterocycles. The van der Waals surface area contributed by atoms with E-state index in [0.29, 0.717) is 10.7 Å². The van der Waals surface area contributed by atoms with Crippen molar-refractivity contribution in [1.82, 2.24) is 4.98 Å². The molecule has 1 aliphatic rings. The van der Waals surface area contributed by atoms with Crippen molar-refractivity contribution < 1.29 is 14.6 Å². The SMILES string of the molecule is O=C(O)Nc1ccc(N2CCC(Oc3ccccc3Cl)CC2)nc1. The van der Waals surface area contributed by atoms with Gasteiger partial charge in [0.05, 0.1) is 16.9 Å². The van der Waals surface area contributed by atoms with E-state index < -0.39 is 6.09 Å². The summed E-state index contributed by atoms with van der Waals surface area (Å²) in [5.41, 5.74) is 0.461. The summed E-state index contributed by atoms with van der Waals surface area (Å²) in [5, 5.41) is 11.6. The zero-order valence-corrected chi connectivity index (χ0v) is 13.7. The Kier molecular flexibility index (Phi) is 5.05. The number of hydrogen-bond acceptors (Lipinski definition) is 4. The molecule has 24 heavy (non-hydrogen) atoms. The maximum Gasteiger partial charge on any atom is 0.409 e. The molecular weight excluding hydrogens is 330 g/mol. The summed E-state index contributed by atoms with van der Waals surface area (Å²) in [6.07, 6.45) is 2.32. The Morgan fingerprint density at radius 1 is 1.25 bits per heavy atom. The van der Waals surface area contributed by atoms with Crippen LogP contribution < -0.4 is 15.0 Å². The first kappa shape index (κ1) is 16.4. The highest BCUT2D eigenvalue weighted by molar-refractivity contribution is 6.32. The number of amides is 1. The normalized spacial score (nSPS) is 15.1. The van der Waals surface area contributed by atoms with Crippen molar-refractivity contribution in [3.05, 3.63) is 47.6 Å². The Labute approximate surface area is 145 Å². The number of hydrogen-bond donors (Lipinski definition) is 2. The maximum atomic E-state index is 10.6. The first-order valence-electron chi connectivity index (χ1n) is 7.74. The minimum atomic E-state index is -1.10. The Hall–Kier alpha value is -2.47. The molecule has 0 bridgehead atoms. The predicted molar refractivity (Wildman–Crippen MR) is 93.2 cm³/mol. The summed E-state index contributed by atoms with van der Waals surface area (Å²) in [6, 6.07) is 11.0. The molecule has 0 unspecified atom stereocenters. The minimum absolute atomic E-state index is 0.133. The van der Waals surface area contributed by atoms with Crippen LogP contribution >= 0.6 is 11.6 Å². The number of carbonyl (C=O) groups is 1. The third kappa shape index (κ3) is 4.08. The smallest absolute Gasteiger partial charge is 0.409 e. The molecule has 126 valence electrons. The molecule has 1 aliphatic heterocycles. The van der Waals surface area contributed by atoms with Crippen LogP contribution in [0, 0.1) is 0 Å². The highest BCUT2D eigenvalue weighted by atomic mass is 35.5. The third-order valence-electron chi connectivity index (χ3n) is 3.90. The maximum absolute atomic E-state index is 10.6.